The van der Waals surface area contributed by atoms with Crippen molar-refractivity contribution in [3.63, 3.8) is 0 Å². The molecule has 0 rings (SSSR count). The predicted molar refractivity (Wildman–Crippen MR) is 29.7 cm³/mol. The first-order valence-electron chi connectivity index (χ1n) is 1.79. The summed E-state index contributed by atoms with van der Waals surface area (Å²) in [4.78, 5) is 0. The van der Waals surface area contributed by atoms with E-state index in [0.717, 1.165) is 0 Å². The minimum absolute atomic E-state index is 0. The van der Waals surface area contributed by atoms with Gasteiger partial charge in [0.05, 0.1) is 0 Å². The maximum atomic E-state index is 5.35. The van der Waals surface area contributed by atoms with Crippen LogP contribution in [0.25, 0.3) is 0 Å². The van der Waals surface area contributed by atoms with Crippen LogP contribution in [0.1, 0.15) is 20.8 Å². The van der Waals surface area contributed by atoms with Crippen molar-refractivity contribution in [3.05, 3.63) is 0 Å². The van der Waals surface area contributed by atoms with Crippen LogP contribution in [0.2, 0.25) is 0 Å². The van der Waals surface area contributed by atoms with Gasteiger partial charge in [-0.25, -0.2) is 0 Å². The molecule has 0 aliphatic rings. The molecule has 2 N–H and O–H groups in total. The first kappa shape index (κ1) is 9.75. The van der Waals surface area contributed by atoms with Gasteiger partial charge in [-0.3, -0.25) is 0 Å². The fraction of sp³-hybridized carbons (Fsp3) is 1.00. The molecule has 0 unspecified atom stereocenters. The largest absolute Gasteiger partial charge is 0.326 e. The molecule has 6 heavy (non-hydrogen) atoms. The van der Waals surface area contributed by atoms with Crippen LogP contribution in [-0.4, -0.2) is 24.4 Å². The van der Waals surface area contributed by atoms with Crippen LogP contribution in [0.15, 0.2) is 0 Å². The fourth-order valence-corrected chi connectivity index (χ4v) is 0. The summed E-state index contributed by atoms with van der Waals surface area (Å²) in [6.45, 7) is 5.90. The Morgan fingerprint density at radius 2 is 1.17 bits per heavy atom. The van der Waals surface area contributed by atoms with E-state index in [-0.39, 0.29) is 24.4 Å². The Bertz CT molecular complexity index is 23.0. The summed E-state index contributed by atoms with van der Waals surface area (Å²) in [6, 6.07) is 0. The second kappa shape index (κ2) is 2.68. The van der Waals surface area contributed by atoms with Gasteiger partial charge in [-0.05, 0) is 20.8 Å². The number of nitrogens with two attached hydrogens (primary N) is 1. The maximum absolute atomic E-state index is 5.35. The molecule has 0 amide bonds. The Balaban J connectivity index is 0. The number of hydrogen-bond acceptors (Lipinski definition) is 1. The van der Waals surface area contributed by atoms with E-state index in [1.807, 2.05) is 20.8 Å². The third kappa shape index (κ3) is 186. The summed E-state index contributed by atoms with van der Waals surface area (Å²) in [5.41, 5.74) is 5.35. The molecule has 2 heteroatoms. The SMILES string of the molecule is CC(C)(C)N.[Li]. The maximum Gasteiger partial charge on any atom is 0.00686 e. The van der Waals surface area contributed by atoms with Crippen molar-refractivity contribution in [1.82, 2.24) is 0 Å². The van der Waals surface area contributed by atoms with Crippen molar-refractivity contribution in [2.75, 3.05) is 0 Å². The minimum atomic E-state index is 0. The quantitative estimate of drug-likeness (QED) is 0.418. The van der Waals surface area contributed by atoms with Crippen LogP contribution in [0.5, 0.6) is 0 Å². The van der Waals surface area contributed by atoms with Crippen molar-refractivity contribution in [1.29, 1.82) is 0 Å². The Morgan fingerprint density at radius 1 is 1.17 bits per heavy atom. The van der Waals surface area contributed by atoms with Crippen LogP contribution in [0, 0.1) is 0 Å². The van der Waals surface area contributed by atoms with Gasteiger partial charge in [-0.2, -0.15) is 0 Å². The monoisotopic (exact) mass is 80.1 g/mol. The zero-order valence-corrected chi connectivity index (χ0v) is 5.08. The normalized spacial score (nSPS) is 10.0. The van der Waals surface area contributed by atoms with Crippen LogP contribution in [0.3, 0.4) is 0 Å². The van der Waals surface area contributed by atoms with Crippen LogP contribution >= 0.6 is 0 Å². The van der Waals surface area contributed by atoms with Gasteiger partial charge in [0.15, 0.2) is 0 Å². The van der Waals surface area contributed by atoms with E-state index in [4.69, 9.17) is 5.73 Å². The van der Waals surface area contributed by atoms with Gasteiger partial charge in [0, 0.05) is 24.4 Å². The molecule has 1 radical (unpaired) electrons. The minimum Gasteiger partial charge on any atom is -0.326 e. The zero-order valence-electron chi connectivity index (χ0n) is 5.08. The molecular formula is C4H11LiN. The molecule has 0 saturated heterocycles. The molecule has 1 nitrogen and oxygen atoms in total. The predicted octanol–water partition coefficient (Wildman–Crippen LogP) is 0.363. The summed E-state index contributed by atoms with van der Waals surface area (Å²) in [6.07, 6.45) is 0. The van der Waals surface area contributed by atoms with Gasteiger partial charge < -0.3 is 5.73 Å². The number of rotatable bonds is 0. The summed E-state index contributed by atoms with van der Waals surface area (Å²) in [5.74, 6) is 0. The number of hydrogen-bond donors (Lipinski definition) is 1. The van der Waals surface area contributed by atoms with Crippen LogP contribution in [-0.2, 0) is 0 Å². The molecule has 0 saturated carbocycles. The van der Waals surface area contributed by atoms with Gasteiger partial charge in [0.1, 0.15) is 0 Å². The molecule has 0 spiro atoms. The molecular weight excluding hydrogens is 69.0 g/mol. The molecule has 0 fully saturated rings. The smallest absolute Gasteiger partial charge is 0.00686 e. The molecule has 0 aromatic rings. The Morgan fingerprint density at radius 3 is 1.17 bits per heavy atom. The molecule has 0 aromatic carbocycles. The van der Waals surface area contributed by atoms with Crippen LogP contribution < -0.4 is 5.73 Å². The van der Waals surface area contributed by atoms with Crippen molar-refractivity contribution < 1.29 is 0 Å². The topological polar surface area (TPSA) is 26.0 Å². The third-order valence-corrected chi connectivity index (χ3v) is 0. The first-order valence-corrected chi connectivity index (χ1v) is 1.79. The molecule has 0 aliphatic heterocycles. The van der Waals surface area contributed by atoms with Crippen LogP contribution in [0.4, 0.5) is 0 Å². The standard InChI is InChI=1S/C4H11N.Li/c1-4(2,3)5;/h5H2,1-3H3;. The first-order chi connectivity index (χ1) is 2.00. The van der Waals surface area contributed by atoms with Gasteiger partial charge in [0.2, 0.25) is 0 Å². The Labute approximate surface area is 51.5 Å². The Hall–Kier alpha value is 0.557. The van der Waals surface area contributed by atoms with Crippen molar-refractivity contribution in [2.24, 2.45) is 5.73 Å². The third-order valence-electron chi connectivity index (χ3n) is 0. The molecule has 0 aromatic heterocycles. The molecule has 0 aliphatic carbocycles. The van der Waals surface area contributed by atoms with Crippen molar-refractivity contribution in [2.45, 2.75) is 26.3 Å². The van der Waals surface area contributed by atoms with E-state index >= 15 is 0 Å². The van der Waals surface area contributed by atoms with Crippen molar-refractivity contribution >= 4 is 18.9 Å². The average molecular weight is 80.1 g/mol. The van der Waals surface area contributed by atoms with Gasteiger partial charge in [0.25, 0.3) is 0 Å². The molecule has 0 bridgehead atoms. The summed E-state index contributed by atoms with van der Waals surface area (Å²) >= 11 is 0. The second-order valence-corrected chi connectivity index (χ2v) is 2.37. The van der Waals surface area contributed by atoms with E-state index in [2.05, 4.69) is 0 Å². The zero-order chi connectivity index (χ0) is 4.50. The summed E-state index contributed by atoms with van der Waals surface area (Å²) < 4.78 is 0. The van der Waals surface area contributed by atoms with E-state index in [1.54, 1.807) is 0 Å². The second-order valence-electron chi connectivity index (χ2n) is 2.37. The van der Waals surface area contributed by atoms with E-state index in [0.29, 0.717) is 0 Å². The summed E-state index contributed by atoms with van der Waals surface area (Å²) in [7, 11) is 0. The molecule has 33 valence electrons. The average Bonchev–Trinajstić information content (AvgIpc) is 0.722. The van der Waals surface area contributed by atoms with E-state index in [9.17, 15) is 0 Å². The summed E-state index contributed by atoms with van der Waals surface area (Å²) in [5, 5.41) is 0. The fourth-order valence-electron chi connectivity index (χ4n) is 0. The molecule has 0 heterocycles. The Kier molecular flexibility index (Phi) is 4.36. The van der Waals surface area contributed by atoms with Gasteiger partial charge >= 0.3 is 0 Å². The van der Waals surface area contributed by atoms with Gasteiger partial charge in [-0.15, -0.1) is 0 Å². The van der Waals surface area contributed by atoms with Crippen molar-refractivity contribution in [3.8, 4) is 0 Å². The molecule has 0 atom stereocenters. The van der Waals surface area contributed by atoms with Gasteiger partial charge in [-0.1, -0.05) is 0 Å². The van der Waals surface area contributed by atoms with E-state index in [1.165, 1.54) is 0 Å². The van der Waals surface area contributed by atoms with E-state index < -0.39 is 0 Å².